The van der Waals surface area contributed by atoms with Crippen molar-refractivity contribution in [3.05, 3.63) is 111 Å². The second-order valence-corrected chi connectivity index (χ2v) is 7.72. The normalized spacial score (nSPS) is 17.1. The molecule has 1 heterocycles. The topological polar surface area (TPSA) is 141 Å². The Hall–Kier alpha value is -4.79. The first-order chi connectivity index (χ1) is 16.2. The number of non-ortho nitro benzene ring substituents is 1. The zero-order valence-corrected chi connectivity index (χ0v) is 17.8. The number of hydrogen-bond donors (Lipinski definition) is 1. The molecule has 0 radical (unpaired) electrons. The molecule has 9 nitrogen and oxygen atoms in total. The predicted molar refractivity (Wildman–Crippen MR) is 120 cm³/mol. The van der Waals surface area contributed by atoms with E-state index in [-0.39, 0.29) is 28.1 Å². The number of Topliss-reactive ketones (excluding diaryl/α,β-unsaturated/α-hetero) is 1. The zero-order valence-electron chi connectivity index (χ0n) is 17.8. The number of carboxylic acids is 1. The summed E-state index contributed by atoms with van der Waals surface area (Å²) < 4.78 is 0. The van der Waals surface area contributed by atoms with Crippen LogP contribution in [0, 0.1) is 17.0 Å². The van der Waals surface area contributed by atoms with Crippen LogP contribution in [0.5, 0.6) is 0 Å². The standard InChI is InChI=1S/C25H18N2O7/c1-14-5-7-16(8-6-14)22(28)20-21(15-9-11-18(12-10-15)27(33)34)26(24(30)23(20)29)19-4-2-3-17(13-19)25(31)32/h2-13,21,28H,1H3,(H,31,32)/p-1/t21-/m1/s1. The molecule has 34 heavy (non-hydrogen) atoms. The van der Waals surface area contributed by atoms with Gasteiger partial charge in [0, 0.05) is 23.4 Å². The average Bonchev–Trinajstić information content (AvgIpc) is 3.09. The van der Waals surface area contributed by atoms with E-state index in [1.807, 2.05) is 6.92 Å². The van der Waals surface area contributed by atoms with Crippen molar-refractivity contribution in [2.24, 2.45) is 0 Å². The molecule has 3 aromatic carbocycles. The molecular weight excluding hydrogens is 440 g/mol. The van der Waals surface area contributed by atoms with Gasteiger partial charge in [-0.25, -0.2) is 4.79 Å². The van der Waals surface area contributed by atoms with Gasteiger partial charge in [-0.1, -0.05) is 41.7 Å². The molecule has 1 N–H and O–H groups in total. The highest BCUT2D eigenvalue weighted by Crippen LogP contribution is 2.42. The molecule has 0 aliphatic carbocycles. The Balaban J connectivity index is 1.94. The van der Waals surface area contributed by atoms with Gasteiger partial charge in [-0.3, -0.25) is 24.6 Å². The summed E-state index contributed by atoms with van der Waals surface area (Å²) in [6, 6.07) is 15.9. The number of carbonyl (C=O) groups excluding carboxylic acids is 2. The second kappa shape index (κ2) is 8.62. The number of ketones is 1. The third-order valence-corrected chi connectivity index (χ3v) is 5.54. The van der Waals surface area contributed by atoms with Crippen LogP contribution in [0.25, 0.3) is 5.76 Å². The molecule has 1 fully saturated rings. The molecule has 1 aliphatic rings. The Kier molecular flexibility index (Phi) is 5.68. The molecule has 0 saturated carbocycles. The van der Waals surface area contributed by atoms with E-state index in [0.717, 1.165) is 10.5 Å². The minimum atomic E-state index is -1.23. The molecule has 3 aromatic rings. The first-order valence-electron chi connectivity index (χ1n) is 10.1. The van der Waals surface area contributed by atoms with Gasteiger partial charge in [0.2, 0.25) is 5.78 Å². The molecule has 9 heteroatoms. The Bertz CT molecular complexity index is 1360. The summed E-state index contributed by atoms with van der Waals surface area (Å²) in [5, 5.41) is 33.8. The van der Waals surface area contributed by atoms with Crippen LogP contribution < -0.4 is 10.0 Å². The van der Waals surface area contributed by atoms with Crippen molar-refractivity contribution in [2.75, 3.05) is 4.90 Å². The van der Waals surface area contributed by atoms with Crippen molar-refractivity contribution in [1.29, 1.82) is 0 Å². The molecule has 0 bridgehead atoms. The van der Waals surface area contributed by atoms with Crippen molar-refractivity contribution >= 4 is 34.8 Å². The number of carboxylic acid groups (broad SMARTS) is 1. The highest BCUT2D eigenvalue weighted by Gasteiger charge is 2.45. The third-order valence-electron chi connectivity index (χ3n) is 5.54. The van der Waals surface area contributed by atoms with Gasteiger partial charge in [0.1, 0.15) is 0 Å². The van der Waals surface area contributed by atoms with Gasteiger partial charge in [-0.15, -0.1) is 0 Å². The van der Waals surface area contributed by atoms with E-state index < -0.39 is 34.4 Å². The van der Waals surface area contributed by atoms with Crippen LogP contribution in [0.3, 0.4) is 0 Å². The first kappa shape index (κ1) is 22.4. The van der Waals surface area contributed by atoms with Gasteiger partial charge in [-0.2, -0.15) is 0 Å². The quantitative estimate of drug-likeness (QED) is 0.204. The maximum atomic E-state index is 13.4. The van der Waals surface area contributed by atoms with Gasteiger partial charge in [-0.05, 0) is 48.4 Å². The number of benzene rings is 3. The van der Waals surface area contributed by atoms with E-state index in [9.17, 15) is 34.7 Å². The van der Waals surface area contributed by atoms with Crippen molar-refractivity contribution in [1.82, 2.24) is 0 Å². The number of nitro benzene ring substituents is 1. The maximum Gasteiger partial charge on any atom is 0.335 e. The highest BCUT2D eigenvalue weighted by molar-refractivity contribution is 6.51. The fourth-order valence-electron chi connectivity index (χ4n) is 3.83. The number of nitro groups is 1. The van der Waals surface area contributed by atoms with Crippen LogP contribution in [0.2, 0.25) is 0 Å². The van der Waals surface area contributed by atoms with Crippen molar-refractivity contribution in [2.45, 2.75) is 13.0 Å². The van der Waals surface area contributed by atoms with Crippen LogP contribution >= 0.6 is 0 Å². The van der Waals surface area contributed by atoms with E-state index in [2.05, 4.69) is 0 Å². The summed E-state index contributed by atoms with van der Waals surface area (Å²) in [4.78, 5) is 49.2. The number of amides is 1. The predicted octanol–water partition coefficient (Wildman–Crippen LogP) is 3.03. The molecule has 170 valence electrons. The lowest BCUT2D eigenvalue weighted by Crippen LogP contribution is -2.29. The minimum Gasteiger partial charge on any atom is -0.872 e. The largest absolute Gasteiger partial charge is 0.872 e. The van der Waals surface area contributed by atoms with Gasteiger partial charge in [0.25, 0.3) is 11.6 Å². The molecule has 1 saturated heterocycles. The lowest BCUT2D eigenvalue weighted by Gasteiger charge is -2.27. The number of anilines is 1. The Morgan fingerprint density at radius 3 is 2.21 bits per heavy atom. The van der Waals surface area contributed by atoms with E-state index in [1.165, 1.54) is 48.5 Å². The van der Waals surface area contributed by atoms with E-state index in [1.54, 1.807) is 24.3 Å². The van der Waals surface area contributed by atoms with Crippen molar-refractivity contribution in [3.8, 4) is 0 Å². The minimum absolute atomic E-state index is 0.105. The summed E-state index contributed by atoms with van der Waals surface area (Å²) in [6.07, 6.45) is 0. The molecular formula is C25H17N2O7-. The van der Waals surface area contributed by atoms with Crippen LogP contribution in [-0.2, 0) is 9.59 Å². The fourth-order valence-corrected chi connectivity index (χ4v) is 3.83. The number of aromatic carboxylic acids is 1. The summed E-state index contributed by atoms with van der Waals surface area (Å²) in [7, 11) is 0. The van der Waals surface area contributed by atoms with Crippen LogP contribution in [0.15, 0.2) is 78.4 Å². The third kappa shape index (κ3) is 3.90. The maximum absolute atomic E-state index is 13.4. The van der Waals surface area contributed by atoms with Crippen LogP contribution in [-0.4, -0.2) is 27.7 Å². The zero-order chi connectivity index (χ0) is 24.6. The van der Waals surface area contributed by atoms with Gasteiger partial charge in [0.05, 0.1) is 16.5 Å². The Morgan fingerprint density at radius 1 is 0.971 bits per heavy atom. The van der Waals surface area contributed by atoms with E-state index >= 15 is 0 Å². The molecule has 0 aromatic heterocycles. The second-order valence-electron chi connectivity index (χ2n) is 7.72. The number of carbonyl (C=O) groups is 3. The lowest BCUT2D eigenvalue weighted by molar-refractivity contribution is -0.384. The number of hydrogen-bond acceptors (Lipinski definition) is 6. The van der Waals surface area contributed by atoms with Gasteiger partial charge < -0.3 is 10.2 Å². The monoisotopic (exact) mass is 457 g/mol. The van der Waals surface area contributed by atoms with Crippen molar-refractivity contribution < 1.29 is 29.5 Å². The molecule has 4 rings (SSSR count). The summed E-state index contributed by atoms with van der Waals surface area (Å²) >= 11 is 0. The molecule has 0 unspecified atom stereocenters. The van der Waals surface area contributed by atoms with Gasteiger partial charge in [0.15, 0.2) is 0 Å². The average molecular weight is 457 g/mol. The Labute approximate surface area is 193 Å². The van der Waals surface area contributed by atoms with Crippen LogP contribution in [0.1, 0.15) is 33.1 Å². The summed E-state index contributed by atoms with van der Waals surface area (Å²) in [5.41, 5.74) is 0.866. The number of aryl methyl sites for hydroxylation is 1. The summed E-state index contributed by atoms with van der Waals surface area (Å²) in [6.45, 7) is 1.84. The Morgan fingerprint density at radius 2 is 1.62 bits per heavy atom. The van der Waals surface area contributed by atoms with Crippen LogP contribution in [0.4, 0.5) is 11.4 Å². The van der Waals surface area contributed by atoms with Gasteiger partial charge >= 0.3 is 5.97 Å². The molecule has 1 atom stereocenters. The molecule has 1 amide bonds. The highest BCUT2D eigenvalue weighted by atomic mass is 16.6. The fraction of sp³-hybridized carbons (Fsp3) is 0.0800. The smallest absolute Gasteiger partial charge is 0.335 e. The molecule has 0 spiro atoms. The number of nitrogens with zero attached hydrogens (tertiary/aromatic N) is 2. The van der Waals surface area contributed by atoms with Crippen molar-refractivity contribution in [3.63, 3.8) is 0 Å². The van der Waals surface area contributed by atoms with E-state index in [4.69, 9.17) is 0 Å². The summed E-state index contributed by atoms with van der Waals surface area (Å²) in [5.74, 6) is -3.90. The number of rotatable bonds is 5. The molecule has 1 aliphatic heterocycles. The lowest BCUT2D eigenvalue weighted by atomic mass is 9.94. The first-order valence-corrected chi connectivity index (χ1v) is 10.1. The SMILES string of the molecule is Cc1ccc(C([O-])=C2C(=O)C(=O)N(c3cccc(C(=O)O)c3)[C@@H]2c2ccc([N+](=O)[O-])cc2)cc1. The van der Waals surface area contributed by atoms with E-state index in [0.29, 0.717) is 5.56 Å².